The van der Waals surface area contributed by atoms with E-state index in [1.807, 2.05) is 0 Å². The van der Waals surface area contributed by atoms with Crippen LogP contribution in [0, 0.1) is 0 Å². The Labute approximate surface area is 175 Å². The molecule has 3 aromatic carbocycles. The van der Waals surface area contributed by atoms with Gasteiger partial charge in [0.25, 0.3) is 0 Å². The van der Waals surface area contributed by atoms with E-state index in [0.29, 0.717) is 0 Å². The Bertz CT molecular complexity index is 937. The highest BCUT2D eigenvalue weighted by Crippen LogP contribution is 2.29. The third-order valence-electron chi connectivity index (χ3n) is 5.08. The molecule has 0 N–H and O–H groups in total. The zero-order valence-electron chi connectivity index (χ0n) is 15.9. The normalized spacial score (nSPS) is 16.5. The predicted octanol–water partition coefficient (Wildman–Crippen LogP) is 5.94. The molecular formula is C25H24BrNO. The number of rotatable bonds is 5. The summed E-state index contributed by atoms with van der Waals surface area (Å²) in [6, 6.07) is 29.7. The number of halogens is 1. The lowest BCUT2D eigenvalue weighted by molar-refractivity contribution is 0.0906. The molecule has 1 saturated heterocycles. The van der Waals surface area contributed by atoms with E-state index in [4.69, 9.17) is 4.74 Å². The van der Waals surface area contributed by atoms with E-state index in [0.717, 1.165) is 42.9 Å². The summed E-state index contributed by atoms with van der Waals surface area (Å²) >= 11 is 3.70. The predicted molar refractivity (Wildman–Crippen MR) is 119 cm³/mol. The highest BCUT2D eigenvalue weighted by Gasteiger charge is 2.20. The molecule has 0 aromatic heterocycles. The van der Waals surface area contributed by atoms with Crippen LogP contribution in [0.4, 0.5) is 0 Å². The maximum Gasteiger partial charge on any atom is 0.114 e. The fourth-order valence-electron chi connectivity index (χ4n) is 3.62. The minimum absolute atomic E-state index is 0.731. The van der Waals surface area contributed by atoms with E-state index in [2.05, 4.69) is 106 Å². The van der Waals surface area contributed by atoms with Gasteiger partial charge in [0, 0.05) is 29.6 Å². The van der Waals surface area contributed by atoms with Crippen molar-refractivity contribution in [1.82, 2.24) is 4.90 Å². The second kappa shape index (κ2) is 9.22. The molecule has 1 aliphatic heterocycles. The van der Waals surface area contributed by atoms with E-state index in [-0.39, 0.29) is 0 Å². The van der Waals surface area contributed by atoms with E-state index in [9.17, 15) is 0 Å². The van der Waals surface area contributed by atoms with E-state index < -0.39 is 0 Å². The average Bonchev–Trinajstić information content (AvgIpc) is 2.75. The lowest BCUT2D eigenvalue weighted by Gasteiger charge is -2.31. The third-order valence-corrected chi connectivity index (χ3v) is 5.86. The molecule has 142 valence electrons. The molecule has 0 aliphatic carbocycles. The lowest BCUT2D eigenvalue weighted by Crippen LogP contribution is -2.35. The summed E-state index contributed by atoms with van der Waals surface area (Å²) < 4.78 is 7.34. The number of morpholine rings is 1. The topological polar surface area (TPSA) is 12.5 Å². The van der Waals surface area contributed by atoms with Gasteiger partial charge in [0.05, 0.1) is 6.54 Å². The molecule has 4 rings (SSSR count). The van der Waals surface area contributed by atoms with Gasteiger partial charge in [0.15, 0.2) is 0 Å². The van der Waals surface area contributed by atoms with E-state index in [1.165, 1.54) is 22.3 Å². The Morgan fingerprint density at radius 3 is 2.29 bits per heavy atom. The molecule has 1 aliphatic rings. The van der Waals surface area contributed by atoms with Gasteiger partial charge in [-0.2, -0.15) is 0 Å². The van der Waals surface area contributed by atoms with E-state index >= 15 is 0 Å². The van der Waals surface area contributed by atoms with Crippen molar-refractivity contribution >= 4 is 21.5 Å². The first-order chi connectivity index (χ1) is 13.8. The summed E-state index contributed by atoms with van der Waals surface area (Å²) in [4.78, 5) is 2.47. The highest BCUT2D eigenvalue weighted by molar-refractivity contribution is 9.10. The van der Waals surface area contributed by atoms with Crippen molar-refractivity contribution in [2.45, 2.75) is 13.0 Å². The Morgan fingerprint density at radius 1 is 0.857 bits per heavy atom. The van der Waals surface area contributed by atoms with Crippen LogP contribution < -0.4 is 0 Å². The van der Waals surface area contributed by atoms with Gasteiger partial charge in [-0.1, -0.05) is 94.8 Å². The second-order valence-corrected chi connectivity index (χ2v) is 7.93. The SMILES string of the molecule is Brc1ccccc1CC(=C1CN(Cc2ccccc2)CCO1)c1ccccc1. The molecule has 0 saturated carbocycles. The number of nitrogens with zero attached hydrogens (tertiary/aromatic N) is 1. The molecule has 2 nitrogen and oxygen atoms in total. The molecule has 0 radical (unpaired) electrons. The standard InChI is InChI=1S/C25H24BrNO/c26-24-14-8-7-13-22(24)17-23(21-11-5-2-6-12-21)25-19-27(15-16-28-25)18-20-9-3-1-4-10-20/h1-14H,15-19H2. The zero-order chi connectivity index (χ0) is 19.2. The molecule has 0 unspecified atom stereocenters. The first kappa shape index (κ1) is 19.0. The zero-order valence-corrected chi connectivity index (χ0v) is 17.4. The molecule has 28 heavy (non-hydrogen) atoms. The number of allylic oxidation sites excluding steroid dienone is 1. The molecule has 3 heteroatoms. The summed E-state index contributed by atoms with van der Waals surface area (Å²) in [6.45, 7) is 3.47. The van der Waals surface area contributed by atoms with Crippen LogP contribution >= 0.6 is 15.9 Å². The number of hydrogen-bond donors (Lipinski definition) is 0. The number of benzene rings is 3. The molecule has 1 heterocycles. The van der Waals surface area contributed by atoms with Crippen LogP contribution in [-0.4, -0.2) is 24.6 Å². The van der Waals surface area contributed by atoms with Gasteiger partial charge in [-0.05, 0) is 22.8 Å². The van der Waals surface area contributed by atoms with Crippen molar-refractivity contribution in [2.24, 2.45) is 0 Å². The largest absolute Gasteiger partial charge is 0.495 e. The fourth-order valence-corrected chi connectivity index (χ4v) is 4.04. The smallest absolute Gasteiger partial charge is 0.114 e. The fraction of sp³-hybridized carbons (Fsp3) is 0.200. The first-order valence-electron chi connectivity index (χ1n) is 9.69. The summed E-state index contributed by atoms with van der Waals surface area (Å²) in [5.41, 5.74) is 5.12. The van der Waals surface area contributed by atoms with Gasteiger partial charge in [0.2, 0.25) is 0 Å². The van der Waals surface area contributed by atoms with Crippen LogP contribution in [-0.2, 0) is 17.7 Å². The molecule has 0 spiro atoms. The molecule has 0 atom stereocenters. The van der Waals surface area contributed by atoms with Crippen LogP contribution in [0.15, 0.2) is 95.2 Å². The van der Waals surface area contributed by atoms with Crippen LogP contribution in [0.2, 0.25) is 0 Å². The maximum absolute atomic E-state index is 6.20. The molecule has 0 amide bonds. The van der Waals surface area contributed by atoms with E-state index in [1.54, 1.807) is 0 Å². The monoisotopic (exact) mass is 433 g/mol. The van der Waals surface area contributed by atoms with Gasteiger partial charge < -0.3 is 4.74 Å². The van der Waals surface area contributed by atoms with Crippen LogP contribution in [0.25, 0.3) is 5.57 Å². The number of hydrogen-bond acceptors (Lipinski definition) is 2. The summed E-state index contributed by atoms with van der Waals surface area (Å²) in [5, 5.41) is 0. The minimum atomic E-state index is 0.731. The van der Waals surface area contributed by atoms with Crippen molar-refractivity contribution < 1.29 is 4.74 Å². The van der Waals surface area contributed by atoms with Gasteiger partial charge in [0.1, 0.15) is 12.4 Å². The highest BCUT2D eigenvalue weighted by atomic mass is 79.9. The van der Waals surface area contributed by atoms with Crippen molar-refractivity contribution in [3.8, 4) is 0 Å². The summed E-state index contributed by atoms with van der Waals surface area (Å²) in [7, 11) is 0. The van der Waals surface area contributed by atoms with Crippen molar-refractivity contribution in [2.75, 3.05) is 19.7 Å². The van der Waals surface area contributed by atoms with Crippen LogP contribution in [0.1, 0.15) is 16.7 Å². The Hall–Kier alpha value is -2.36. The first-order valence-corrected chi connectivity index (χ1v) is 10.5. The van der Waals surface area contributed by atoms with Crippen LogP contribution in [0.5, 0.6) is 0 Å². The number of ether oxygens (including phenoxy) is 1. The average molecular weight is 434 g/mol. The molecule has 0 bridgehead atoms. The van der Waals surface area contributed by atoms with Crippen molar-refractivity contribution in [3.63, 3.8) is 0 Å². The second-order valence-electron chi connectivity index (χ2n) is 7.08. The van der Waals surface area contributed by atoms with Gasteiger partial charge >= 0.3 is 0 Å². The maximum atomic E-state index is 6.20. The van der Waals surface area contributed by atoms with Crippen molar-refractivity contribution in [3.05, 3.63) is 112 Å². The Balaban J connectivity index is 1.64. The van der Waals surface area contributed by atoms with Crippen molar-refractivity contribution in [1.29, 1.82) is 0 Å². The lowest BCUT2D eigenvalue weighted by atomic mass is 9.96. The molecular weight excluding hydrogens is 410 g/mol. The van der Waals surface area contributed by atoms with Crippen LogP contribution in [0.3, 0.4) is 0 Å². The molecule has 3 aromatic rings. The minimum Gasteiger partial charge on any atom is -0.495 e. The van der Waals surface area contributed by atoms with Gasteiger partial charge in [-0.3, -0.25) is 4.90 Å². The summed E-state index contributed by atoms with van der Waals surface area (Å²) in [5.74, 6) is 1.09. The van der Waals surface area contributed by atoms with Gasteiger partial charge in [-0.25, -0.2) is 0 Å². The summed E-state index contributed by atoms with van der Waals surface area (Å²) in [6.07, 6.45) is 0.847. The Kier molecular flexibility index (Phi) is 6.25. The Morgan fingerprint density at radius 2 is 1.54 bits per heavy atom. The van der Waals surface area contributed by atoms with Gasteiger partial charge in [-0.15, -0.1) is 0 Å². The molecule has 1 fully saturated rings. The third kappa shape index (κ3) is 4.73. The quantitative estimate of drug-likeness (QED) is 0.493.